The van der Waals surface area contributed by atoms with Gasteiger partial charge < -0.3 is 26.0 Å². The lowest BCUT2D eigenvalue weighted by molar-refractivity contribution is -0.128. The zero-order valence-electron chi connectivity index (χ0n) is 19.3. The van der Waals surface area contributed by atoms with E-state index >= 15 is 0 Å². The van der Waals surface area contributed by atoms with Crippen molar-refractivity contribution >= 4 is 18.0 Å². The number of aliphatic imine (C=N–C) groups is 1. The van der Waals surface area contributed by atoms with Crippen LogP contribution in [0, 0.1) is 5.41 Å². The van der Waals surface area contributed by atoms with Gasteiger partial charge in [-0.25, -0.2) is 4.79 Å². The van der Waals surface area contributed by atoms with E-state index in [0.717, 1.165) is 38.2 Å². The Morgan fingerprint density at radius 3 is 1.90 bits per heavy atom. The number of alkyl carbamates (subject to hydrolysis) is 1. The van der Waals surface area contributed by atoms with Crippen LogP contribution in [-0.4, -0.2) is 55.3 Å². The molecule has 2 amide bonds. The van der Waals surface area contributed by atoms with Crippen LogP contribution in [0.1, 0.15) is 74.1 Å². The molecule has 168 valence electrons. The van der Waals surface area contributed by atoms with Gasteiger partial charge in [-0.15, -0.1) is 0 Å². The summed E-state index contributed by atoms with van der Waals surface area (Å²) in [7, 11) is 0. The number of amides is 2. The first-order valence-corrected chi connectivity index (χ1v) is 10.8. The summed E-state index contributed by atoms with van der Waals surface area (Å²) < 4.78 is 5.34. The summed E-state index contributed by atoms with van der Waals surface area (Å²) in [5.41, 5.74) is -1.05. The number of hydrogen-bond acceptors (Lipinski definition) is 4. The van der Waals surface area contributed by atoms with Gasteiger partial charge in [0.05, 0.1) is 12.0 Å². The van der Waals surface area contributed by atoms with Crippen molar-refractivity contribution in [2.45, 2.75) is 91.8 Å². The van der Waals surface area contributed by atoms with Crippen LogP contribution in [0.25, 0.3) is 0 Å². The molecule has 0 aromatic rings. The molecule has 8 heteroatoms. The molecule has 1 rings (SSSR count). The second kappa shape index (κ2) is 11.3. The third-order valence-electron chi connectivity index (χ3n) is 4.72. The van der Waals surface area contributed by atoms with Crippen LogP contribution in [0.4, 0.5) is 4.79 Å². The van der Waals surface area contributed by atoms with E-state index in [-0.39, 0.29) is 24.1 Å². The average Bonchev–Trinajstić information content (AvgIpc) is 2.60. The van der Waals surface area contributed by atoms with Crippen molar-refractivity contribution in [2.75, 3.05) is 19.6 Å². The van der Waals surface area contributed by atoms with E-state index in [2.05, 4.69) is 26.3 Å². The summed E-state index contributed by atoms with van der Waals surface area (Å²) in [6.45, 7) is 15.1. The van der Waals surface area contributed by atoms with Gasteiger partial charge in [0, 0.05) is 25.2 Å². The fourth-order valence-corrected chi connectivity index (χ4v) is 3.12. The van der Waals surface area contributed by atoms with Crippen LogP contribution < -0.4 is 21.3 Å². The molecule has 1 aliphatic carbocycles. The van der Waals surface area contributed by atoms with Crippen LogP contribution >= 0.6 is 0 Å². The predicted molar refractivity (Wildman–Crippen MR) is 117 cm³/mol. The predicted octanol–water partition coefficient (Wildman–Crippen LogP) is 2.54. The molecule has 0 radical (unpaired) electrons. The highest BCUT2D eigenvalue weighted by molar-refractivity contribution is 5.83. The Morgan fingerprint density at radius 1 is 0.897 bits per heavy atom. The average molecular weight is 412 g/mol. The van der Waals surface area contributed by atoms with Crippen molar-refractivity contribution in [2.24, 2.45) is 10.4 Å². The minimum absolute atomic E-state index is 0.00771. The lowest BCUT2D eigenvalue weighted by atomic mass is 9.91. The van der Waals surface area contributed by atoms with Gasteiger partial charge in [0.25, 0.3) is 0 Å². The SMILES string of the molecule is CCNC(=O)C(C)(C)CN=C(NCC)NC1CCC(NC(=O)OC(C)(C)C)CC1. The Kier molecular flexibility index (Phi) is 9.73. The molecule has 0 unspecified atom stereocenters. The van der Waals surface area contributed by atoms with E-state index in [9.17, 15) is 9.59 Å². The topological polar surface area (TPSA) is 104 Å². The quantitative estimate of drug-likeness (QED) is 0.381. The molecule has 0 bridgehead atoms. The summed E-state index contributed by atoms with van der Waals surface area (Å²) >= 11 is 0. The summed E-state index contributed by atoms with van der Waals surface area (Å²) in [5.74, 6) is 0.738. The van der Waals surface area contributed by atoms with E-state index < -0.39 is 11.0 Å². The molecule has 1 fully saturated rings. The van der Waals surface area contributed by atoms with E-state index in [1.807, 2.05) is 48.5 Å². The van der Waals surface area contributed by atoms with Crippen LogP contribution in [0.5, 0.6) is 0 Å². The number of carbonyl (C=O) groups excluding carboxylic acids is 2. The monoisotopic (exact) mass is 411 g/mol. The van der Waals surface area contributed by atoms with Gasteiger partial charge in [0.2, 0.25) is 5.91 Å². The summed E-state index contributed by atoms with van der Waals surface area (Å²) in [5, 5.41) is 12.6. The maximum absolute atomic E-state index is 12.2. The first-order valence-electron chi connectivity index (χ1n) is 10.8. The van der Waals surface area contributed by atoms with Crippen molar-refractivity contribution in [3.05, 3.63) is 0 Å². The first kappa shape index (κ1) is 25.0. The normalized spacial score (nSPS) is 20.6. The third-order valence-corrected chi connectivity index (χ3v) is 4.72. The molecule has 4 N–H and O–H groups in total. The van der Waals surface area contributed by atoms with E-state index in [1.165, 1.54) is 0 Å². The summed E-state index contributed by atoms with van der Waals surface area (Å²) in [6.07, 6.45) is 3.30. The Labute approximate surface area is 176 Å². The molecule has 0 heterocycles. The second-order valence-electron chi connectivity index (χ2n) is 9.28. The zero-order chi connectivity index (χ0) is 22.1. The minimum atomic E-state index is -0.562. The zero-order valence-corrected chi connectivity index (χ0v) is 19.3. The Morgan fingerprint density at radius 2 is 1.41 bits per heavy atom. The molecule has 1 saturated carbocycles. The highest BCUT2D eigenvalue weighted by atomic mass is 16.6. The van der Waals surface area contributed by atoms with Crippen molar-refractivity contribution in [3.63, 3.8) is 0 Å². The standard InChI is InChI=1S/C21H41N5O3/c1-8-22-17(27)21(6,7)14-24-18(23-9-2)25-15-10-12-16(13-11-15)26-19(28)29-20(3,4)5/h15-16H,8-14H2,1-7H3,(H,22,27)(H,26,28)(H2,23,24,25). The Hall–Kier alpha value is -1.99. The molecule has 0 spiro atoms. The first-order chi connectivity index (χ1) is 13.5. The fourth-order valence-electron chi connectivity index (χ4n) is 3.12. The molecule has 0 atom stereocenters. The van der Waals surface area contributed by atoms with E-state index in [1.54, 1.807) is 0 Å². The number of hydrogen-bond donors (Lipinski definition) is 4. The number of rotatable bonds is 7. The molecule has 8 nitrogen and oxygen atoms in total. The van der Waals surface area contributed by atoms with Gasteiger partial charge in [-0.3, -0.25) is 9.79 Å². The number of nitrogens with one attached hydrogen (secondary N) is 4. The van der Waals surface area contributed by atoms with Gasteiger partial charge in [0.1, 0.15) is 5.60 Å². The highest BCUT2D eigenvalue weighted by Gasteiger charge is 2.28. The smallest absolute Gasteiger partial charge is 0.407 e. The highest BCUT2D eigenvalue weighted by Crippen LogP contribution is 2.20. The van der Waals surface area contributed by atoms with Gasteiger partial charge in [-0.05, 0) is 74.1 Å². The Balaban J connectivity index is 2.53. The number of guanidine groups is 1. The molecular formula is C21H41N5O3. The molecule has 29 heavy (non-hydrogen) atoms. The van der Waals surface area contributed by atoms with Crippen molar-refractivity contribution in [3.8, 4) is 0 Å². The molecule has 0 aromatic carbocycles. The van der Waals surface area contributed by atoms with E-state index in [0.29, 0.717) is 13.1 Å². The third kappa shape index (κ3) is 9.85. The number of ether oxygens (including phenoxy) is 1. The van der Waals surface area contributed by atoms with Crippen LogP contribution in [0.2, 0.25) is 0 Å². The largest absolute Gasteiger partial charge is 0.444 e. The molecule has 0 aliphatic heterocycles. The minimum Gasteiger partial charge on any atom is -0.444 e. The van der Waals surface area contributed by atoms with Crippen LogP contribution in [0.15, 0.2) is 4.99 Å². The molecule has 1 aliphatic rings. The lowest BCUT2D eigenvalue weighted by Crippen LogP contribution is -2.48. The lowest BCUT2D eigenvalue weighted by Gasteiger charge is -2.31. The van der Waals surface area contributed by atoms with Gasteiger partial charge >= 0.3 is 6.09 Å². The van der Waals surface area contributed by atoms with E-state index in [4.69, 9.17) is 4.74 Å². The van der Waals surface area contributed by atoms with Crippen LogP contribution in [0.3, 0.4) is 0 Å². The van der Waals surface area contributed by atoms with Crippen molar-refractivity contribution in [1.29, 1.82) is 0 Å². The number of carbonyl (C=O) groups is 2. The number of nitrogens with zero attached hydrogens (tertiary/aromatic N) is 1. The molecule has 0 saturated heterocycles. The van der Waals surface area contributed by atoms with Gasteiger partial charge in [0.15, 0.2) is 5.96 Å². The maximum Gasteiger partial charge on any atom is 0.407 e. The summed E-state index contributed by atoms with van der Waals surface area (Å²) in [4.78, 5) is 28.7. The van der Waals surface area contributed by atoms with Crippen molar-refractivity contribution < 1.29 is 14.3 Å². The van der Waals surface area contributed by atoms with Crippen LogP contribution in [-0.2, 0) is 9.53 Å². The second-order valence-corrected chi connectivity index (χ2v) is 9.28. The fraction of sp³-hybridized carbons (Fsp3) is 0.857. The Bertz CT molecular complexity index is 561. The van der Waals surface area contributed by atoms with Crippen molar-refractivity contribution in [1.82, 2.24) is 21.3 Å². The molecular weight excluding hydrogens is 370 g/mol. The summed E-state index contributed by atoms with van der Waals surface area (Å²) in [6, 6.07) is 0.427. The van der Waals surface area contributed by atoms with Gasteiger partial charge in [-0.1, -0.05) is 0 Å². The van der Waals surface area contributed by atoms with Gasteiger partial charge in [-0.2, -0.15) is 0 Å². The molecule has 0 aromatic heterocycles. The maximum atomic E-state index is 12.2.